The van der Waals surface area contributed by atoms with Gasteiger partial charge in [-0.1, -0.05) is 18.3 Å². The number of hydrogen-bond acceptors (Lipinski definition) is 5. The van der Waals surface area contributed by atoms with E-state index in [2.05, 4.69) is 38.0 Å². The highest BCUT2D eigenvalue weighted by molar-refractivity contribution is 7.15. The molecule has 1 aliphatic heterocycles. The SMILES string of the molecule is NC(=O)Nc1cc(C#Cc2cn[nH]c2)sc1C(=O)N[C@H]1CCCCNC1. The summed E-state index contributed by atoms with van der Waals surface area (Å²) in [6.45, 7) is 1.70. The number of thiophene rings is 1. The van der Waals surface area contributed by atoms with Crippen molar-refractivity contribution in [3.05, 3.63) is 33.8 Å². The van der Waals surface area contributed by atoms with Gasteiger partial charge in [-0.15, -0.1) is 11.3 Å². The summed E-state index contributed by atoms with van der Waals surface area (Å²) in [4.78, 5) is 25.0. The van der Waals surface area contributed by atoms with Gasteiger partial charge in [0.25, 0.3) is 5.91 Å². The molecule has 0 unspecified atom stereocenters. The number of aromatic nitrogens is 2. The van der Waals surface area contributed by atoms with Crippen LogP contribution in [0.1, 0.15) is 39.4 Å². The number of rotatable bonds is 3. The molecule has 0 saturated carbocycles. The summed E-state index contributed by atoms with van der Waals surface area (Å²) >= 11 is 1.22. The number of primary amides is 1. The minimum Gasteiger partial charge on any atom is -0.351 e. The van der Waals surface area contributed by atoms with Crippen LogP contribution >= 0.6 is 11.3 Å². The molecule has 0 spiro atoms. The molecule has 6 N–H and O–H groups in total. The van der Waals surface area contributed by atoms with Gasteiger partial charge in [-0.2, -0.15) is 5.10 Å². The van der Waals surface area contributed by atoms with Gasteiger partial charge in [0.05, 0.1) is 22.3 Å². The van der Waals surface area contributed by atoms with Crippen molar-refractivity contribution in [2.75, 3.05) is 18.4 Å². The van der Waals surface area contributed by atoms with E-state index in [9.17, 15) is 9.59 Å². The van der Waals surface area contributed by atoms with Gasteiger partial charge in [-0.3, -0.25) is 9.89 Å². The first-order valence-corrected chi connectivity index (χ1v) is 9.16. The second kappa shape index (κ2) is 8.51. The first-order chi connectivity index (χ1) is 12.6. The van der Waals surface area contributed by atoms with Crippen molar-refractivity contribution in [2.45, 2.75) is 25.3 Å². The van der Waals surface area contributed by atoms with Crippen molar-refractivity contribution in [1.29, 1.82) is 0 Å². The third-order valence-corrected chi connectivity index (χ3v) is 4.96. The van der Waals surface area contributed by atoms with E-state index < -0.39 is 6.03 Å². The molecule has 0 bridgehead atoms. The van der Waals surface area contributed by atoms with Crippen LogP contribution in [0, 0.1) is 11.8 Å². The van der Waals surface area contributed by atoms with Gasteiger partial charge in [0, 0.05) is 18.8 Å². The van der Waals surface area contributed by atoms with E-state index >= 15 is 0 Å². The van der Waals surface area contributed by atoms with Crippen molar-refractivity contribution in [2.24, 2.45) is 5.73 Å². The molecule has 136 valence electrons. The van der Waals surface area contributed by atoms with Gasteiger partial charge in [-0.25, -0.2) is 4.79 Å². The van der Waals surface area contributed by atoms with Gasteiger partial charge in [0.15, 0.2) is 0 Å². The summed E-state index contributed by atoms with van der Waals surface area (Å²) in [6.07, 6.45) is 6.38. The standard InChI is InChI=1S/C17H20N6O2S/c18-17(25)23-14-7-13(5-4-11-8-20-21-9-11)26-15(14)16(24)22-12-3-1-2-6-19-10-12/h7-9,12,19H,1-3,6,10H2,(H,20,21)(H,22,24)(H3,18,23,25)/t12-/m0/s1. The minimum atomic E-state index is -0.720. The number of hydrogen-bond donors (Lipinski definition) is 5. The van der Waals surface area contributed by atoms with Crippen LogP contribution in [0.5, 0.6) is 0 Å². The highest BCUT2D eigenvalue weighted by Crippen LogP contribution is 2.27. The van der Waals surface area contributed by atoms with Crippen LogP contribution in [0.15, 0.2) is 18.5 Å². The topological polar surface area (TPSA) is 125 Å². The maximum atomic E-state index is 12.7. The molecule has 1 saturated heterocycles. The zero-order valence-corrected chi connectivity index (χ0v) is 14.9. The largest absolute Gasteiger partial charge is 0.351 e. The Kier molecular flexibility index (Phi) is 5.88. The van der Waals surface area contributed by atoms with E-state index in [1.165, 1.54) is 11.3 Å². The number of anilines is 1. The average Bonchev–Trinajstić information content (AvgIpc) is 3.18. The number of carbonyl (C=O) groups is 2. The molecule has 8 nitrogen and oxygen atoms in total. The Balaban J connectivity index is 1.79. The lowest BCUT2D eigenvalue weighted by molar-refractivity contribution is 0.0940. The molecule has 1 atom stereocenters. The molecule has 3 amide bonds. The van der Waals surface area contributed by atoms with Crippen molar-refractivity contribution in [1.82, 2.24) is 20.8 Å². The Morgan fingerprint density at radius 2 is 2.23 bits per heavy atom. The summed E-state index contributed by atoms with van der Waals surface area (Å²) in [5.74, 6) is 5.69. The monoisotopic (exact) mass is 372 g/mol. The quantitative estimate of drug-likeness (QED) is 0.520. The van der Waals surface area contributed by atoms with E-state index in [0.717, 1.165) is 37.9 Å². The Morgan fingerprint density at radius 1 is 1.35 bits per heavy atom. The van der Waals surface area contributed by atoms with E-state index in [1.807, 2.05) is 0 Å². The van der Waals surface area contributed by atoms with Crippen LogP contribution < -0.4 is 21.7 Å². The molecule has 1 aliphatic rings. The summed E-state index contributed by atoms with van der Waals surface area (Å²) in [6, 6.07) is 0.999. The number of nitrogens with one attached hydrogen (secondary N) is 4. The first kappa shape index (κ1) is 18.0. The predicted molar refractivity (Wildman–Crippen MR) is 100 cm³/mol. The lowest BCUT2D eigenvalue weighted by Crippen LogP contribution is -2.40. The molecule has 9 heteroatoms. The molecule has 3 rings (SSSR count). The van der Waals surface area contributed by atoms with Crippen LogP contribution in [0.2, 0.25) is 0 Å². The van der Waals surface area contributed by atoms with E-state index in [-0.39, 0.29) is 11.9 Å². The zero-order valence-electron chi connectivity index (χ0n) is 14.1. The predicted octanol–water partition coefficient (Wildman–Crippen LogP) is 1.23. The van der Waals surface area contributed by atoms with E-state index in [4.69, 9.17) is 5.73 Å². The fraction of sp³-hybridized carbons (Fsp3) is 0.353. The summed E-state index contributed by atoms with van der Waals surface area (Å²) in [5, 5.41) is 15.4. The number of aromatic amines is 1. The summed E-state index contributed by atoms with van der Waals surface area (Å²) in [5.41, 5.74) is 6.33. The van der Waals surface area contributed by atoms with Crippen LogP contribution in [0.3, 0.4) is 0 Å². The number of amides is 3. The van der Waals surface area contributed by atoms with Gasteiger partial charge >= 0.3 is 6.03 Å². The molecule has 3 heterocycles. The number of urea groups is 1. The second-order valence-electron chi connectivity index (χ2n) is 5.95. The molecule has 26 heavy (non-hydrogen) atoms. The fourth-order valence-corrected chi connectivity index (χ4v) is 3.56. The first-order valence-electron chi connectivity index (χ1n) is 8.34. The number of carbonyl (C=O) groups excluding carboxylic acids is 2. The summed E-state index contributed by atoms with van der Waals surface area (Å²) < 4.78 is 0. The molecule has 2 aromatic rings. The third kappa shape index (κ3) is 4.84. The smallest absolute Gasteiger partial charge is 0.316 e. The number of nitrogens with zero attached hydrogens (tertiary/aromatic N) is 1. The Labute approximate surface area is 154 Å². The molecule has 0 aliphatic carbocycles. The van der Waals surface area contributed by atoms with Gasteiger partial charge in [-0.05, 0) is 25.5 Å². The van der Waals surface area contributed by atoms with Gasteiger partial charge in [0.1, 0.15) is 4.88 Å². The van der Waals surface area contributed by atoms with E-state index in [1.54, 1.807) is 18.5 Å². The van der Waals surface area contributed by atoms with Gasteiger partial charge in [0.2, 0.25) is 0 Å². The van der Waals surface area contributed by atoms with Crippen LogP contribution in [0.25, 0.3) is 0 Å². The molecule has 0 aromatic carbocycles. The van der Waals surface area contributed by atoms with Crippen molar-refractivity contribution in [3.63, 3.8) is 0 Å². The number of H-pyrrole nitrogens is 1. The van der Waals surface area contributed by atoms with E-state index in [0.29, 0.717) is 15.4 Å². The zero-order chi connectivity index (χ0) is 18.4. The maximum absolute atomic E-state index is 12.7. The Morgan fingerprint density at radius 3 is 3.00 bits per heavy atom. The Hall–Kier alpha value is -2.83. The van der Waals surface area contributed by atoms with Crippen LogP contribution in [0.4, 0.5) is 10.5 Å². The third-order valence-electron chi connectivity index (χ3n) is 3.91. The van der Waals surface area contributed by atoms with Crippen LogP contribution in [-0.4, -0.2) is 41.3 Å². The maximum Gasteiger partial charge on any atom is 0.316 e. The van der Waals surface area contributed by atoms with Crippen LogP contribution in [-0.2, 0) is 0 Å². The van der Waals surface area contributed by atoms with Crippen molar-refractivity contribution in [3.8, 4) is 11.8 Å². The second-order valence-corrected chi connectivity index (χ2v) is 7.00. The Bertz CT molecular complexity index is 825. The normalized spacial score (nSPS) is 16.8. The fourth-order valence-electron chi connectivity index (χ4n) is 2.69. The highest BCUT2D eigenvalue weighted by Gasteiger charge is 2.21. The lowest BCUT2D eigenvalue weighted by atomic mass is 10.1. The lowest BCUT2D eigenvalue weighted by Gasteiger charge is -2.16. The van der Waals surface area contributed by atoms with Gasteiger partial charge < -0.3 is 21.7 Å². The highest BCUT2D eigenvalue weighted by atomic mass is 32.1. The molecule has 0 radical (unpaired) electrons. The minimum absolute atomic E-state index is 0.0639. The van der Waals surface area contributed by atoms with Crippen molar-refractivity contribution < 1.29 is 9.59 Å². The summed E-state index contributed by atoms with van der Waals surface area (Å²) in [7, 11) is 0. The number of nitrogens with two attached hydrogens (primary N) is 1. The molecular formula is C17H20N6O2S. The average molecular weight is 372 g/mol. The molecule has 1 fully saturated rings. The molecular weight excluding hydrogens is 352 g/mol. The van der Waals surface area contributed by atoms with Crippen molar-refractivity contribution >= 4 is 29.0 Å². The molecule has 2 aromatic heterocycles.